The lowest BCUT2D eigenvalue weighted by Crippen LogP contribution is -2.20. The fraction of sp³-hybridized carbons (Fsp3) is 0.500. The number of hydrazone groups is 1. The molecule has 1 saturated heterocycles. The molecular weight excluding hydrogens is 200 g/mol. The number of amidine groups is 1. The van der Waals surface area contributed by atoms with Gasteiger partial charge in [-0.3, -0.25) is 4.99 Å². The average Bonchev–Trinajstić information content (AvgIpc) is 3.00. The van der Waals surface area contributed by atoms with Crippen molar-refractivity contribution in [2.75, 3.05) is 18.9 Å². The molecule has 78 valence electrons. The second-order valence-corrected chi connectivity index (χ2v) is 3.63. The van der Waals surface area contributed by atoms with E-state index in [-0.39, 0.29) is 0 Å². The molecule has 0 saturated carbocycles. The lowest BCUT2D eigenvalue weighted by Gasteiger charge is -2.02. The van der Waals surface area contributed by atoms with E-state index in [0.29, 0.717) is 12.6 Å². The first kappa shape index (κ1) is 11.1. The van der Waals surface area contributed by atoms with Crippen LogP contribution in [0.25, 0.3) is 0 Å². The molecule has 14 heavy (non-hydrogen) atoms. The number of nitrogens with two attached hydrogens (primary N) is 1. The van der Waals surface area contributed by atoms with E-state index in [2.05, 4.69) is 22.0 Å². The number of epoxide rings is 1. The Hall–Kier alpha value is -1.01. The molecule has 0 radical (unpaired) electrons. The lowest BCUT2D eigenvalue weighted by molar-refractivity contribution is 0.426. The van der Waals surface area contributed by atoms with Gasteiger partial charge in [0.15, 0.2) is 5.17 Å². The number of thioether (sulfide) groups is 1. The quantitative estimate of drug-likeness (QED) is 0.171. The Balaban J connectivity index is 2.29. The van der Waals surface area contributed by atoms with Crippen LogP contribution >= 0.6 is 11.8 Å². The van der Waals surface area contributed by atoms with Crippen LogP contribution in [-0.2, 0) is 4.74 Å². The van der Waals surface area contributed by atoms with E-state index >= 15 is 0 Å². The van der Waals surface area contributed by atoms with E-state index in [4.69, 9.17) is 10.6 Å². The highest BCUT2D eigenvalue weighted by molar-refractivity contribution is 8.13. The first-order valence-electron chi connectivity index (χ1n) is 4.25. The van der Waals surface area contributed by atoms with Gasteiger partial charge in [0.05, 0.1) is 19.3 Å². The highest BCUT2D eigenvalue weighted by Crippen LogP contribution is 2.16. The highest BCUT2D eigenvalue weighted by Gasteiger charge is 2.22. The molecule has 0 aromatic carbocycles. The highest BCUT2D eigenvalue weighted by atomic mass is 32.2. The Labute approximate surface area is 87.5 Å². The van der Waals surface area contributed by atoms with Crippen molar-refractivity contribution in [3.63, 3.8) is 0 Å². The number of hydrogen-bond acceptors (Lipinski definition) is 5. The predicted octanol–water partition coefficient (Wildman–Crippen LogP) is 0.152. The third-order valence-corrected chi connectivity index (χ3v) is 2.49. The zero-order chi connectivity index (χ0) is 10.2. The van der Waals surface area contributed by atoms with Crippen molar-refractivity contribution in [3.05, 3.63) is 12.7 Å². The molecule has 1 rings (SSSR count). The van der Waals surface area contributed by atoms with Crippen LogP contribution in [0.5, 0.6) is 0 Å². The molecule has 1 aliphatic rings. The molecule has 0 aliphatic carbocycles. The van der Waals surface area contributed by atoms with E-state index in [9.17, 15) is 0 Å². The van der Waals surface area contributed by atoms with Crippen molar-refractivity contribution < 1.29 is 4.74 Å². The summed E-state index contributed by atoms with van der Waals surface area (Å²) in [6.45, 7) is 5.03. The van der Waals surface area contributed by atoms with Crippen molar-refractivity contribution in [1.29, 1.82) is 0 Å². The fourth-order valence-corrected chi connectivity index (χ4v) is 1.55. The van der Waals surface area contributed by atoms with Gasteiger partial charge in [-0.15, -0.1) is 6.58 Å². The van der Waals surface area contributed by atoms with E-state index in [1.807, 2.05) is 0 Å². The number of nitrogens with one attached hydrogen (secondary N) is 1. The molecule has 1 aliphatic heterocycles. The molecule has 0 amide bonds. The zero-order valence-corrected chi connectivity index (χ0v) is 8.67. The second-order valence-electron chi connectivity index (χ2n) is 2.62. The minimum atomic E-state index is 0.380. The molecule has 0 aromatic rings. The second kappa shape index (κ2) is 6.44. The summed E-state index contributed by atoms with van der Waals surface area (Å²) < 4.78 is 5.09. The molecule has 0 spiro atoms. The molecule has 1 fully saturated rings. The summed E-state index contributed by atoms with van der Waals surface area (Å²) in [6.07, 6.45) is 3.52. The first-order valence-corrected chi connectivity index (χ1v) is 5.23. The van der Waals surface area contributed by atoms with Gasteiger partial charge in [0, 0.05) is 5.75 Å². The van der Waals surface area contributed by atoms with Gasteiger partial charge in [0.2, 0.25) is 0 Å². The Kier molecular flexibility index (Phi) is 5.09. The van der Waals surface area contributed by atoms with Crippen LogP contribution in [0.1, 0.15) is 0 Å². The molecular formula is C8H14N4OS. The summed E-state index contributed by atoms with van der Waals surface area (Å²) in [5.74, 6) is 5.88. The smallest absolute Gasteiger partial charge is 0.162 e. The monoisotopic (exact) mass is 214 g/mol. The van der Waals surface area contributed by atoms with E-state index < -0.39 is 0 Å². The standard InChI is InChI=1S/C8H14N4OS/c1-2-3-10-8(11-6-12-9)14-5-7-4-13-7/h2,6-7H,1,3-5,9H2,(H,10,11,12). The first-order chi connectivity index (χ1) is 6.86. The fourth-order valence-electron chi connectivity index (χ4n) is 0.709. The number of aliphatic imine (C=N–C) groups is 1. The Morgan fingerprint density at radius 2 is 2.57 bits per heavy atom. The summed E-state index contributed by atoms with van der Waals surface area (Å²) in [4.78, 5) is 4.23. The number of ether oxygens (including phenoxy) is 1. The van der Waals surface area contributed by atoms with Crippen molar-refractivity contribution in [1.82, 2.24) is 5.32 Å². The summed E-state index contributed by atoms with van der Waals surface area (Å²) in [7, 11) is 0. The van der Waals surface area contributed by atoms with Crippen LogP contribution in [0.3, 0.4) is 0 Å². The van der Waals surface area contributed by atoms with Crippen molar-refractivity contribution in [2.24, 2.45) is 15.9 Å². The van der Waals surface area contributed by atoms with Gasteiger partial charge in [-0.1, -0.05) is 17.8 Å². The van der Waals surface area contributed by atoms with Crippen LogP contribution < -0.4 is 11.2 Å². The summed E-state index contributed by atoms with van der Waals surface area (Å²) in [5, 5.41) is 7.01. The van der Waals surface area contributed by atoms with Crippen LogP contribution in [-0.4, -0.2) is 36.5 Å². The summed E-state index contributed by atoms with van der Waals surface area (Å²) in [6, 6.07) is 0. The van der Waals surface area contributed by atoms with Crippen molar-refractivity contribution in [3.8, 4) is 0 Å². The molecule has 6 heteroatoms. The topological polar surface area (TPSA) is 75.3 Å². The van der Waals surface area contributed by atoms with Crippen molar-refractivity contribution in [2.45, 2.75) is 6.10 Å². The van der Waals surface area contributed by atoms with Crippen LogP contribution in [0.4, 0.5) is 0 Å². The normalized spacial score (nSPS) is 21.1. The third kappa shape index (κ3) is 4.88. The van der Waals surface area contributed by atoms with Crippen molar-refractivity contribution >= 4 is 23.3 Å². The maximum atomic E-state index is 5.09. The maximum Gasteiger partial charge on any atom is 0.162 e. The van der Waals surface area contributed by atoms with Crippen LogP contribution in [0, 0.1) is 0 Å². The Morgan fingerprint density at radius 1 is 1.79 bits per heavy atom. The minimum Gasteiger partial charge on any atom is -0.372 e. The SMILES string of the molecule is C=CCN=C(NC=NN)SCC1CO1. The third-order valence-electron chi connectivity index (χ3n) is 1.43. The van der Waals surface area contributed by atoms with Crippen LogP contribution in [0.2, 0.25) is 0 Å². The Morgan fingerprint density at radius 3 is 3.14 bits per heavy atom. The van der Waals surface area contributed by atoms with Crippen LogP contribution in [0.15, 0.2) is 22.7 Å². The molecule has 3 N–H and O–H groups in total. The van der Waals surface area contributed by atoms with Gasteiger partial charge in [0.25, 0.3) is 0 Å². The van der Waals surface area contributed by atoms with Gasteiger partial charge in [-0.05, 0) is 0 Å². The Bertz CT molecular complexity index is 237. The summed E-state index contributed by atoms with van der Waals surface area (Å²) in [5.41, 5.74) is 0. The zero-order valence-electron chi connectivity index (χ0n) is 7.85. The summed E-state index contributed by atoms with van der Waals surface area (Å²) >= 11 is 1.59. The average molecular weight is 214 g/mol. The van der Waals surface area contributed by atoms with Gasteiger partial charge in [-0.2, -0.15) is 5.10 Å². The number of nitrogens with zero attached hydrogens (tertiary/aromatic N) is 2. The molecule has 1 atom stereocenters. The molecule has 0 bridgehead atoms. The lowest BCUT2D eigenvalue weighted by atomic mass is 10.6. The molecule has 0 aromatic heterocycles. The molecule has 5 nitrogen and oxygen atoms in total. The van der Waals surface area contributed by atoms with E-state index in [1.54, 1.807) is 17.8 Å². The van der Waals surface area contributed by atoms with Gasteiger partial charge >= 0.3 is 0 Å². The largest absolute Gasteiger partial charge is 0.372 e. The van der Waals surface area contributed by atoms with Gasteiger partial charge in [0.1, 0.15) is 6.34 Å². The maximum absolute atomic E-state index is 5.09. The predicted molar refractivity (Wildman–Crippen MR) is 60.5 cm³/mol. The van der Waals surface area contributed by atoms with E-state index in [0.717, 1.165) is 17.5 Å². The van der Waals surface area contributed by atoms with Gasteiger partial charge in [-0.25, -0.2) is 0 Å². The number of rotatable bonds is 5. The van der Waals surface area contributed by atoms with E-state index in [1.165, 1.54) is 6.34 Å². The molecule has 1 heterocycles. The molecule has 1 unspecified atom stereocenters. The minimum absolute atomic E-state index is 0.380. The number of hydrogen-bond donors (Lipinski definition) is 2. The van der Waals surface area contributed by atoms with Gasteiger partial charge < -0.3 is 15.9 Å².